The molecule has 1 aromatic rings. The lowest BCUT2D eigenvalue weighted by Crippen LogP contribution is -2.31. The van der Waals surface area contributed by atoms with Crippen LogP contribution in [0.1, 0.15) is 48.4 Å². The number of fused-ring (bicyclic) bond motifs is 3. The summed E-state index contributed by atoms with van der Waals surface area (Å²) in [5.41, 5.74) is 3.08. The summed E-state index contributed by atoms with van der Waals surface area (Å²) in [5.74, 6) is 1.18. The zero-order valence-corrected chi connectivity index (χ0v) is 12.1. The van der Waals surface area contributed by atoms with Crippen LogP contribution in [0.25, 0.3) is 0 Å². The average molecular weight is 260 g/mol. The third kappa shape index (κ3) is 1.36. The third-order valence-electron chi connectivity index (χ3n) is 4.98. The quantitative estimate of drug-likeness (QED) is 0.779. The zero-order valence-electron chi connectivity index (χ0n) is 12.1. The van der Waals surface area contributed by atoms with E-state index in [0.29, 0.717) is 5.75 Å². The molecule has 1 aliphatic carbocycles. The van der Waals surface area contributed by atoms with Crippen molar-refractivity contribution in [1.82, 2.24) is 0 Å². The summed E-state index contributed by atoms with van der Waals surface area (Å²) < 4.78 is 6.17. The van der Waals surface area contributed by atoms with Crippen molar-refractivity contribution in [1.29, 1.82) is 0 Å². The van der Waals surface area contributed by atoms with Crippen LogP contribution in [0.4, 0.5) is 0 Å². The molecule has 2 aliphatic rings. The van der Waals surface area contributed by atoms with Gasteiger partial charge < -0.3 is 9.84 Å². The fourth-order valence-electron chi connectivity index (χ4n) is 3.80. The highest BCUT2D eigenvalue weighted by Gasteiger charge is 2.57. The molecule has 1 N–H and O–H groups in total. The number of hydrogen-bond donors (Lipinski definition) is 1. The number of ketones is 1. The molecule has 1 aromatic carbocycles. The van der Waals surface area contributed by atoms with Crippen LogP contribution in [0.5, 0.6) is 11.5 Å². The maximum atomic E-state index is 12.5. The van der Waals surface area contributed by atoms with Crippen molar-refractivity contribution in [2.24, 2.45) is 5.92 Å². The largest absolute Gasteiger partial charge is 0.507 e. The van der Waals surface area contributed by atoms with Crippen molar-refractivity contribution in [3.05, 3.63) is 22.3 Å². The molecule has 0 spiro atoms. The Morgan fingerprint density at radius 3 is 2.47 bits per heavy atom. The third-order valence-corrected chi connectivity index (χ3v) is 4.98. The SMILES string of the molecule is Cc1c(C)c2c(c(C)c1O)C1C(=O)C(C)CC1(C)O2. The number of carbonyl (C=O) groups excluding carboxylic acids is 1. The number of rotatable bonds is 0. The molecule has 3 unspecified atom stereocenters. The normalized spacial score (nSPS) is 32.2. The topological polar surface area (TPSA) is 46.5 Å². The summed E-state index contributed by atoms with van der Waals surface area (Å²) in [7, 11) is 0. The molecular weight excluding hydrogens is 240 g/mol. The number of phenols is 1. The molecule has 1 fully saturated rings. The van der Waals surface area contributed by atoms with E-state index in [0.717, 1.165) is 34.4 Å². The Morgan fingerprint density at radius 1 is 1.21 bits per heavy atom. The fourth-order valence-corrected chi connectivity index (χ4v) is 3.80. The molecule has 102 valence electrons. The number of hydrogen-bond acceptors (Lipinski definition) is 3. The Labute approximate surface area is 113 Å². The number of aromatic hydroxyl groups is 1. The van der Waals surface area contributed by atoms with Crippen molar-refractivity contribution in [2.45, 2.75) is 52.6 Å². The molecule has 0 saturated heterocycles. The van der Waals surface area contributed by atoms with Gasteiger partial charge in [0.25, 0.3) is 0 Å². The van der Waals surface area contributed by atoms with Gasteiger partial charge in [0, 0.05) is 11.5 Å². The highest BCUT2D eigenvalue weighted by molar-refractivity contribution is 5.94. The minimum absolute atomic E-state index is 0.0336. The summed E-state index contributed by atoms with van der Waals surface area (Å²) in [5, 5.41) is 10.2. The Balaban J connectivity index is 2.30. The minimum Gasteiger partial charge on any atom is -0.507 e. The second-order valence-electron chi connectivity index (χ2n) is 6.32. The first-order valence-corrected chi connectivity index (χ1v) is 6.83. The van der Waals surface area contributed by atoms with Gasteiger partial charge in [0.2, 0.25) is 0 Å². The summed E-state index contributed by atoms with van der Waals surface area (Å²) in [6, 6.07) is 0. The van der Waals surface area contributed by atoms with Crippen LogP contribution in [-0.2, 0) is 4.79 Å². The fraction of sp³-hybridized carbons (Fsp3) is 0.562. The van der Waals surface area contributed by atoms with Crippen LogP contribution < -0.4 is 4.74 Å². The van der Waals surface area contributed by atoms with Crippen LogP contribution in [0.3, 0.4) is 0 Å². The van der Waals surface area contributed by atoms with E-state index in [1.165, 1.54) is 0 Å². The van der Waals surface area contributed by atoms with Gasteiger partial charge in [-0.25, -0.2) is 0 Å². The summed E-state index contributed by atoms with van der Waals surface area (Å²) in [6.45, 7) is 9.70. The Bertz CT molecular complexity index is 603. The van der Waals surface area contributed by atoms with Crippen molar-refractivity contribution in [2.75, 3.05) is 0 Å². The molecular formula is C16H20O3. The maximum absolute atomic E-state index is 12.5. The molecule has 3 heteroatoms. The standard InChI is InChI=1S/C16H20O3/c1-7-6-16(5)12(13(7)17)11-10(4)14(18)8(2)9(3)15(11)19-16/h7,12,18H,6H2,1-5H3. The van der Waals surface area contributed by atoms with Gasteiger partial charge in [-0.2, -0.15) is 0 Å². The van der Waals surface area contributed by atoms with Crippen LogP contribution in [0.2, 0.25) is 0 Å². The van der Waals surface area contributed by atoms with Gasteiger partial charge in [0.05, 0.1) is 5.92 Å². The second-order valence-corrected chi connectivity index (χ2v) is 6.32. The monoisotopic (exact) mass is 260 g/mol. The summed E-state index contributed by atoms with van der Waals surface area (Å²) in [6.07, 6.45) is 0.754. The number of phenolic OH excluding ortho intramolecular Hbond substituents is 1. The highest BCUT2D eigenvalue weighted by Crippen LogP contribution is 2.57. The first-order valence-electron chi connectivity index (χ1n) is 6.83. The van der Waals surface area contributed by atoms with Gasteiger partial charge in [0.1, 0.15) is 22.9 Å². The van der Waals surface area contributed by atoms with Gasteiger partial charge >= 0.3 is 0 Å². The lowest BCUT2D eigenvalue weighted by Gasteiger charge is -2.22. The first-order chi connectivity index (χ1) is 8.78. The zero-order chi connectivity index (χ0) is 14.1. The van der Waals surface area contributed by atoms with Gasteiger partial charge in [-0.15, -0.1) is 0 Å². The number of ether oxygens (including phenoxy) is 1. The van der Waals surface area contributed by atoms with Crippen LogP contribution >= 0.6 is 0 Å². The molecule has 3 atom stereocenters. The lowest BCUT2D eigenvalue weighted by atomic mass is 9.84. The van der Waals surface area contributed by atoms with E-state index in [-0.39, 0.29) is 17.6 Å². The van der Waals surface area contributed by atoms with Gasteiger partial charge in [-0.3, -0.25) is 4.79 Å². The first kappa shape index (κ1) is 12.5. The average Bonchev–Trinajstić information content (AvgIpc) is 2.76. The number of carbonyl (C=O) groups is 1. The Morgan fingerprint density at radius 2 is 1.84 bits per heavy atom. The van der Waals surface area contributed by atoms with Crippen molar-refractivity contribution >= 4 is 5.78 Å². The van der Waals surface area contributed by atoms with Crippen molar-refractivity contribution < 1.29 is 14.6 Å². The number of benzene rings is 1. The molecule has 3 nitrogen and oxygen atoms in total. The number of Topliss-reactive ketones (excluding diaryl/α,β-unsaturated/α-hetero) is 1. The van der Waals surface area contributed by atoms with Crippen molar-refractivity contribution in [3.8, 4) is 11.5 Å². The lowest BCUT2D eigenvalue weighted by molar-refractivity contribution is -0.122. The van der Waals surface area contributed by atoms with Crippen LogP contribution in [-0.4, -0.2) is 16.5 Å². The smallest absolute Gasteiger partial charge is 0.147 e. The summed E-state index contributed by atoms with van der Waals surface area (Å²) in [4.78, 5) is 12.5. The molecule has 3 rings (SSSR count). The molecule has 0 radical (unpaired) electrons. The van der Waals surface area contributed by atoms with E-state index in [4.69, 9.17) is 4.74 Å². The van der Waals surface area contributed by atoms with E-state index in [9.17, 15) is 9.90 Å². The van der Waals surface area contributed by atoms with Gasteiger partial charge in [-0.05, 0) is 50.8 Å². The van der Waals surface area contributed by atoms with E-state index in [2.05, 4.69) is 0 Å². The maximum Gasteiger partial charge on any atom is 0.147 e. The molecule has 19 heavy (non-hydrogen) atoms. The Kier molecular flexibility index (Phi) is 2.32. The van der Waals surface area contributed by atoms with E-state index < -0.39 is 5.60 Å². The predicted molar refractivity (Wildman–Crippen MR) is 72.9 cm³/mol. The molecule has 0 bridgehead atoms. The van der Waals surface area contributed by atoms with Gasteiger partial charge in [0.15, 0.2) is 0 Å². The molecule has 0 aromatic heterocycles. The van der Waals surface area contributed by atoms with E-state index in [1.54, 1.807) is 0 Å². The van der Waals surface area contributed by atoms with E-state index >= 15 is 0 Å². The molecule has 1 aliphatic heterocycles. The molecule has 0 amide bonds. The molecule has 1 heterocycles. The highest BCUT2D eigenvalue weighted by atomic mass is 16.5. The molecule has 1 saturated carbocycles. The van der Waals surface area contributed by atoms with Crippen molar-refractivity contribution in [3.63, 3.8) is 0 Å². The van der Waals surface area contributed by atoms with Gasteiger partial charge in [-0.1, -0.05) is 6.92 Å². The summed E-state index contributed by atoms with van der Waals surface area (Å²) >= 11 is 0. The van der Waals surface area contributed by atoms with Crippen LogP contribution in [0.15, 0.2) is 0 Å². The van der Waals surface area contributed by atoms with Crippen LogP contribution in [0, 0.1) is 26.7 Å². The predicted octanol–water partition coefficient (Wildman–Crippen LogP) is 3.16. The van der Waals surface area contributed by atoms with E-state index in [1.807, 2.05) is 34.6 Å². The Hall–Kier alpha value is -1.51. The minimum atomic E-state index is -0.436. The second kappa shape index (κ2) is 3.53.